The van der Waals surface area contributed by atoms with Crippen molar-refractivity contribution in [2.24, 2.45) is 0 Å². The van der Waals surface area contributed by atoms with Crippen molar-refractivity contribution in [3.05, 3.63) is 147 Å². The Morgan fingerprint density at radius 2 is 1.30 bits per heavy atom. The Labute approximate surface area is 308 Å². The van der Waals surface area contributed by atoms with Crippen molar-refractivity contribution in [3.8, 4) is 11.1 Å². The fourth-order valence-electron chi connectivity index (χ4n) is 7.97. The van der Waals surface area contributed by atoms with Gasteiger partial charge in [0, 0.05) is 0 Å². The number of hydrogen-bond acceptors (Lipinski definition) is 0. The average Bonchev–Trinajstić information content (AvgIpc) is 3.69. The van der Waals surface area contributed by atoms with Crippen molar-refractivity contribution in [2.45, 2.75) is 96.0 Å². The molecule has 0 spiro atoms. The van der Waals surface area contributed by atoms with Crippen LogP contribution in [0.15, 0.2) is 91.0 Å². The van der Waals surface area contributed by atoms with Crippen LogP contribution in [0.4, 0.5) is 0 Å². The Bertz CT molecular complexity index is 1770. The summed E-state index contributed by atoms with van der Waals surface area (Å²) in [6.07, 6.45) is 10.3. The van der Waals surface area contributed by atoms with E-state index >= 15 is 0 Å². The summed E-state index contributed by atoms with van der Waals surface area (Å²) < 4.78 is 2.07. The molecule has 47 heavy (non-hydrogen) atoms. The fourth-order valence-corrected chi connectivity index (χ4v) is 12.3. The summed E-state index contributed by atoms with van der Waals surface area (Å²) >= 11 is -1.26. The summed E-state index contributed by atoms with van der Waals surface area (Å²) in [7, 11) is 0. The van der Waals surface area contributed by atoms with Crippen molar-refractivity contribution in [3.63, 3.8) is 0 Å². The summed E-state index contributed by atoms with van der Waals surface area (Å²) in [6, 6.07) is 27.8. The number of rotatable bonds is 9. The first-order valence-corrected chi connectivity index (χ1v) is 19.9. The summed E-state index contributed by atoms with van der Waals surface area (Å²) in [5, 5.41) is 0. The van der Waals surface area contributed by atoms with Gasteiger partial charge in [0.25, 0.3) is 0 Å². The van der Waals surface area contributed by atoms with E-state index in [4.69, 9.17) is 0 Å². The normalized spacial score (nSPS) is 14.4. The molecule has 1 unspecified atom stereocenters. The van der Waals surface area contributed by atoms with E-state index in [2.05, 4.69) is 146 Å². The molecule has 0 aliphatic heterocycles. The molecule has 0 fully saturated rings. The zero-order valence-electron chi connectivity index (χ0n) is 29.3. The molecule has 0 amide bonds. The molecule has 1 atom stereocenters. The van der Waals surface area contributed by atoms with Gasteiger partial charge in [0.1, 0.15) is 0 Å². The fraction of sp³-hybridized carbons (Fsp3) is 0.341. The van der Waals surface area contributed by atoms with E-state index in [1.807, 2.05) is 0 Å². The van der Waals surface area contributed by atoms with Crippen LogP contribution in [-0.4, -0.2) is 3.21 Å². The van der Waals surface area contributed by atoms with Crippen molar-refractivity contribution in [1.29, 1.82) is 0 Å². The molecule has 0 nitrogen and oxygen atoms in total. The molecule has 3 heteroatoms. The second-order valence-corrected chi connectivity index (χ2v) is 17.2. The van der Waals surface area contributed by atoms with Crippen LogP contribution in [0.1, 0.15) is 139 Å². The van der Waals surface area contributed by atoms with E-state index in [1.165, 1.54) is 22.3 Å². The Hall–Kier alpha value is -2.31. The minimum absolute atomic E-state index is 0. The second-order valence-electron chi connectivity index (χ2n) is 13.8. The maximum atomic E-state index is 2.64. The molecule has 0 saturated carbocycles. The van der Waals surface area contributed by atoms with Gasteiger partial charge >= 0.3 is 285 Å². The first kappa shape index (κ1) is 37.5. The van der Waals surface area contributed by atoms with Gasteiger partial charge in [-0.15, -0.1) is 0 Å². The number of benzene rings is 4. The SMILES string of the molecule is CCc1cc(C(C)C)c2c(c1)[CH]([Zr+2]=[C](c1ccccc1)c1ccccc1)c1c(C3=CC=CC3)c(CC)c(C(C)C)c(C(C)C)c1-2.[Cl-].[Cl-]. The molecule has 0 heterocycles. The summed E-state index contributed by atoms with van der Waals surface area (Å²) in [6.45, 7) is 19.3. The van der Waals surface area contributed by atoms with E-state index in [9.17, 15) is 0 Å². The van der Waals surface area contributed by atoms with Gasteiger partial charge in [-0.1, -0.05) is 0 Å². The molecule has 0 saturated heterocycles. The molecule has 2 aliphatic carbocycles. The Balaban J connectivity index is 0.00000250. The van der Waals surface area contributed by atoms with E-state index in [0.717, 1.165) is 19.3 Å². The number of fused-ring (bicyclic) bond motifs is 3. The third kappa shape index (κ3) is 6.93. The van der Waals surface area contributed by atoms with E-state index in [0.29, 0.717) is 21.4 Å². The van der Waals surface area contributed by atoms with Crippen LogP contribution < -0.4 is 24.8 Å². The van der Waals surface area contributed by atoms with Gasteiger partial charge in [0.15, 0.2) is 0 Å². The quantitative estimate of drug-likeness (QED) is 0.199. The van der Waals surface area contributed by atoms with Crippen LogP contribution >= 0.6 is 0 Å². The zero-order valence-corrected chi connectivity index (χ0v) is 33.3. The van der Waals surface area contributed by atoms with Gasteiger partial charge in [-0.3, -0.25) is 0 Å². The molecule has 2 aliphatic rings. The van der Waals surface area contributed by atoms with Gasteiger partial charge in [0.05, 0.1) is 0 Å². The first-order valence-electron chi connectivity index (χ1n) is 17.3. The molecule has 4 aromatic carbocycles. The minimum Gasteiger partial charge on any atom is -1.00 e. The topological polar surface area (TPSA) is 0 Å². The smallest absolute Gasteiger partial charge is 1.00 e. The molecule has 0 N–H and O–H groups in total. The summed E-state index contributed by atoms with van der Waals surface area (Å²) in [5.41, 5.74) is 20.3. The maximum Gasteiger partial charge on any atom is -1.00 e. The Morgan fingerprint density at radius 3 is 1.77 bits per heavy atom. The van der Waals surface area contributed by atoms with Crippen LogP contribution in [0.5, 0.6) is 0 Å². The van der Waals surface area contributed by atoms with Crippen molar-refractivity contribution < 1.29 is 47.6 Å². The van der Waals surface area contributed by atoms with Crippen molar-refractivity contribution >= 4 is 8.78 Å². The van der Waals surface area contributed by atoms with Crippen LogP contribution in [0.3, 0.4) is 0 Å². The molecule has 4 aromatic rings. The predicted octanol–water partition coefficient (Wildman–Crippen LogP) is 5.95. The molecule has 0 radical (unpaired) electrons. The average molecular weight is 740 g/mol. The van der Waals surface area contributed by atoms with E-state index < -0.39 is 22.8 Å². The number of allylic oxidation sites excluding steroid dienone is 4. The number of halogens is 2. The predicted molar refractivity (Wildman–Crippen MR) is 193 cm³/mol. The van der Waals surface area contributed by atoms with Crippen LogP contribution in [-0.2, 0) is 35.6 Å². The van der Waals surface area contributed by atoms with Crippen LogP contribution in [0.2, 0.25) is 0 Å². The van der Waals surface area contributed by atoms with Crippen LogP contribution in [0.25, 0.3) is 16.7 Å². The molecular weight excluding hydrogens is 691 g/mol. The van der Waals surface area contributed by atoms with Gasteiger partial charge in [-0.05, 0) is 0 Å². The van der Waals surface area contributed by atoms with Gasteiger partial charge in [0.2, 0.25) is 0 Å². The number of aryl methyl sites for hydroxylation is 1. The summed E-state index contributed by atoms with van der Waals surface area (Å²) in [4.78, 5) is 0. The largest absolute Gasteiger partial charge is 1.00 e. The van der Waals surface area contributed by atoms with Crippen molar-refractivity contribution in [1.82, 2.24) is 0 Å². The minimum atomic E-state index is -1.26. The molecule has 0 aromatic heterocycles. The van der Waals surface area contributed by atoms with E-state index in [1.54, 1.807) is 53.3 Å². The first-order chi connectivity index (χ1) is 21.8. The van der Waals surface area contributed by atoms with E-state index in [-0.39, 0.29) is 24.8 Å². The van der Waals surface area contributed by atoms with Crippen LogP contribution in [0, 0.1) is 0 Å². The number of hydrogen-bond donors (Lipinski definition) is 0. The molecule has 243 valence electrons. The standard InChI is InChI=1S/C31H39.C13H10.2ClH.Zr/c1-9-21-15-23-17-26-29(22-13-11-12-14-22)24(10-2)27(19(5)6)28(20(7)8)31(26)30(23)25(16-21)18(3)4;1-3-7-12(8-4-1)11-13-9-5-2-6-10-13;;;/h11-13,15-20H,9-10,14H2,1-8H3;1-10H;2*1H;/q;;;;+2/p-2. The van der Waals surface area contributed by atoms with Gasteiger partial charge in [-0.25, -0.2) is 0 Å². The second kappa shape index (κ2) is 15.9. The Kier molecular flexibility index (Phi) is 12.7. The monoisotopic (exact) mass is 737 g/mol. The molecular formula is C44H49Cl2Zr. The zero-order chi connectivity index (χ0) is 31.8. The van der Waals surface area contributed by atoms with Crippen molar-refractivity contribution in [2.75, 3.05) is 0 Å². The maximum absolute atomic E-state index is 2.64. The van der Waals surface area contributed by atoms with Gasteiger partial charge < -0.3 is 24.8 Å². The Morgan fingerprint density at radius 1 is 0.702 bits per heavy atom. The molecule has 0 bridgehead atoms. The third-order valence-electron chi connectivity index (χ3n) is 9.88. The summed E-state index contributed by atoms with van der Waals surface area (Å²) in [5.74, 6) is 1.41. The molecule has 6 rings (SSSR count). The third-order valence-corrected chi connectivity index (χ3v) is 14.2. The van der Waals surface area contributed by atoms with Gasteiger partial charge in [-0.2, -0.15) is 0 Å².